The summed E-state index contributed by atoms with van der Waals surface area (Å²) in [4.78, 5) is 28.4. The third-order valence-electron chi connectivity index (χ3n) is 3.12. The van der Waals surface area contributed by atoms with E-state index in [1.165, 1.54) is 9.78 Å². The van der Waals surface area contributed by atoms with Crippen LogP contribution in [-0.2, 0) is 11.3 Å². The molecule has 0 bridgehead atoms. The summed E-state index contributed by atoms with van der Waals surface area (Å²) >= 11 is 5.08. The minimum atomic E-state index is -0.350. The largest absolute Gasteiger partial charge is 0.326 e. The smallest absolute Gasteiger partial charge is 0.325 e. The van der Waals surface area contributed by atoms with Gasteiger partial charge in [0, 0.05) is 11.4 Å². The van der Waals surface area contributed by atoms with Gasteiger partial charge in [0.15, 0.2) is 0 Å². The number of hydrogen-bond donors (Lipinski definition) is 1. The summed E-state index contributed by atoms with van der Waals surface area (Å²) in [7, 11) is 1.90. The Hall–Kier alpha value is -0.920. The van der Waals surface area contributed by atoms with Crippen LogP contribution in [0.3, 0.4) is 0 Å². The van der Waals surface area contributed by atoms with Gasteiger partial charge in [-0.25, -0.2) is 9.69 Å². The zero-order chi connectivity index (χ0) is 14.7. The Morgan fingerprint density at radius 2 is 2.20 bits per heavy atom. The van der Waals surface area contributed by atoms with Crippen molar-refractivity contribution in [2.45, 2.75) is 32.4 Å². The lowest BCUT2D eigenvalue weighted by Crippen LogP contribution is -2.40. The van der Waals surface area contributed by atoms with Gasteiger partial charge in [-0.05, 0) is 41.5 Å². The molecule has 1 N–H and O–H groups in total. The van der Waals surface area contributed by atoms with E-state index in [1.54, 1.807) is 11.3 Å². The molecule has 110 valence electrons. The molecule has 1 aliphatic rings. The normalized spacial score (nSPS) is 19.0. The zero-order valence-corrected chi connectivity index (χ0v) is 14.0. The average molecular weight is 360 g/mol. The Labute approximate surface area is 131 Å². The van der Waals surface area contributed by atoms with Crippen molar-refractivity contribution in [3.63, 3.8) is 0 Å². The maximum Gasteiger partial charge on any atom is 0.325 e. The van der Waals surface area contributed by atoms with Gasteiger partial charge in [-0.3, -0.25) is 9.69 Å². The SMILES string of the molecule is CCC[C@H]1NC(=O)N(CN(C)Cc2ccc(Br)s2)C1=O. The Bertz CT molecular complexity index is 506. The van der Waals surface area contributed by atoms with E-state index in [1.807, 2.05) is 31.0 Å². The number of halogens is 1. The number of carbonyl (C=O) groups is 2. The molecule has 0 aromatic carbocycles. The van der Waals surface area contributed by atoms with Crippen LogP contribution in [0.5, 0.6) is 0 Å². The second-order valence-electron chi connectivity index (χ2n) is 4.92. The van der Waals surface area contributed by atoms with E-state index < -0.39 is 0 Å². The fraction of sp³-hybridized carbons (Fsp3) is 0.538. The van der Waals surface area contributed by atoms with Gasteiger partial charge in [-0.15, -0.1) is 11.3 Å². The summed E-state index contributed by atoms with van der Waals surface area (Å²) < 4.78 is 1.08. The number of carbonyl (C=O) groups excluding carboxylic acids is 2. The number of amides is 3. The molecule has 1 fully saturated rings. The molecule has 0 aliphatic carbocycles. The molecule has 1 aromatic heterocycles. The van der Waals surface area contributed by atoms with Crippen LogP contribution in [0.4, 0.5) is 4.79 Å². The fourth-order valence-corrected chi connectivity index (χ4v) is 3.75. The van der Waals surface area contributed by atoms with Crippen LogP contribution < -0.4 is 5.32 Å². The minimum Gasteiger partial charge on any atom is -0.326 e. The van der Waals surface area contributed by atoms with Crippen LogP contribution in [0.15, 0.2) is 15.9 Å². The Kier molecular flexibility index (Phi) is 5.17. The molecule has 7 heteroatoms. The van der Waals surface area contributed by atoms with Gasteiger partial charge in [0.1, 0.15) is 6.04 Å². The van der Waals surface area contributed by atoms with Crippen LogP contribution in [0.25, 0.3) is 0 Å². The number of hydrogen-bond acceptors (Lipinski definition) is 4. The third kappa shape index (κ3) is 3.59. The number of imide groups is 1. The van der Waals surface area contributed by atoms with Crippen LogP contribution >= 0.6 is 27.3 Å². The standard InChI is InChI=1S/C13H18BrN3O2S/c1-3-4-10-12(18)17(13(19)15-10)8-16(2)7-9-5-6-11(14)20-9/h5-6,10H,3-4,7-8H2,1-2H3,(H,15,19)/t10-/m1/s1. The molecular formula is C13H18BrN3O2S. The molecule has 0 radical (unpaired) electrons. The molecule has 1 aromatic rings. The molecular weight excluding hydrogens is 342 g/mol. The monoisotopic (exact) mass is 359 g/mol. The molecule has 1 aliphatic heterocycles. The van der Waals surface area contributed by atoms with Crippen molar-refractivity contribution in [1.29, 1.82) is 0 Å². The molecule has 1 saturated heterocycles. The maximum atomic E-state index is 12.1. The fourth-order valence-electron chi connectivity index (χ4n) is 2.19. The summed E-state index contributed by atoms with van der Waals surface area (Å²) in [6.45, 7) is 3.04. The molecule has 3 amide bonds. The van der Waals surface area contributed by atoms with Crippen LogP contribution in [-0.4, -0.2) is 41.5 Å². The Morgan fingerprint density at radius 1 is 1.45 bits per heavy atom. The zero-order valence-electron chi connectivity index (χ0n) is 11.6. The summed E-state index contributed by atoms with van der Waals surface area (Å²) in [6, 6.07) is 3.40. The number of nitrogens with zero attached hydrogens (tertiary/aromatic N) is 2. The summed E-state index contributed by atoms with van der Waals surface area (Å²) in [5, 5.41) is 2.73. The van der Waals surface area contributed by atoms with Crippen molar-refractivity contribution in [1.82, 2.24) is 15.1 Å². The van der Waals surface area contributed by atoms with Gasteiger partial charge < -0.3 is 5.32 Å². The predicted molar refractivity (Wildman–Crippen MR) is 82.4 cm³/mol. The van der Waals surface area contributed by atoms with Crippen molar-refractivity contribution < 1.29 is 9.59 Å². The van der Waals surface area contributed by atoms with Crippen molar-refractivity contribution in [3.05, 3.63) is 20.8 Å². The summed E-state index contributed by atoms with van der Waals surface area (Å²) in [6.07, 6.45) is 1.58. The second-order valence-corrected chi connectivity index (χ2v) is 7.47. The maximum absolute atomic E-state index is 12.1. The van der Waals surface area contributed by atoms with Gasteiger partial charge in [-0.1, -0.05) is 13.3 Å². The van der Waals surface area contributed by atoms with E-state index >= 15 is 0 Å². The van der Waals surface area contributed by atoms with E-state index in [0.29, 0.717) is 19.6 Å². The highest BCUT2D eigenvalue weighted by molar-refractivity contribution is 9.11. The molecule has 0 unspecified atom stereocenters. The van der Waals surface area contributed by atoms with Crippen LogP contribution in [0.1, 0.15) is 24.6 Å². The first kappa shape index (κ1) is 15.5. The first-order valence-electron chi connectivity index (χ1n) is 6.56. The topological polar surface area (TPSA) is 52.7 Å². The van der Waals surface area contributed by atoms with Crippen LogP contribution in [0.2, 0.25) is 0 Å². The number of urea groups is 1. The second kappa shape index (κ2) is 6.69. The van der Waals surface area contributed by atoms with Gasteiger partial charge in [-0.2, -0.15) is 0 Å². The number of nitrogens with one attached hydrogen (secondary N) is 1. The average Bonchev–Trinajstić information content (AvgIpc) is 2.89. The molecule has 5 nitrogen and oxygen atoms in total. The molecule has 2 heterocycles. The van der Waals surface area contributed by atoms with Gasteiger partial charge in [0.2, 0.25) is 0 Å². The Balaban J connectivity index is 1.92. The van der Waals surface area contributed by atoms with E-state index in [2.05, 4.69) is 21.2 Å². The van der Waals surface area contributed by atoms with E-state index in [9.17, 15) is 9.59 Å². The summed E-state index contributed by atoms with van der Waals surface area (Å²) in [5.41, 5.74) is 0. The van der Waals surface area contributed by atoms with E-state index in [0.717, 1.165) is 10.2 Å². The lowest BCUT2D eigenvalue weighted by atomic mass is 10.2. The Morgan fingerprint density at radius 3 is 2.80 bits per heavy atom. The molecule has 20 heavy (non-hydrogen) atoms. The van der Waals surface area contributed by atoms with Gasteiger partial charge in [0.25, 0.3) is 5.91 Å². The number of thiophene rings is 1. The first-order valence-corrected chi connectivity index (χ1v) is 8.17. The van der Waals surface area contributed by atoms with Crippen molar-refractivity contribution in [2.75, 3.05) is 13.7 Å². The third-order valence-corrected chi connectivity index (χ3v) is 4.73. The van der Waals surface area contributed by atoms with Gasteiger partial charge >= 0.3 is 6.03 Å². The van der Waals surface area contributed by atoms with Crippen molar-refractivity contribution >= 4 is 39.2 Å². The van der Waals surface area contributed by atoms with Crippen molar-refractivity contribution in [3.8, 4) is 0 Å². The van der Waals surface area contributed by atoms with Gasteiger partial charge in [0.05, 0.1) is 10.5 Å². The highest BCUT2D eigenvalue weighted by atomic mass is 79.9. The van der Waals surface area contributed by atoms with Crippen LogP contribution in [0, 0.1) is 0 Å². The van der Waals surface area contributed by atoms with E-state index in [4.69, 9.17) is 0 Å². The first-order chi connectivity index (χ1) is 9.51. The van der Waals surface area contributed by atoms with Crippen molar-refractivity contribution in [2.24, 2.45) is 0 Å². The molecule has 0 spiro atoms. The molecule has 0 saturated carbocycles. The summed E-state index contributed by atoms with van der Waals surface area (Å²) in [5.74, 6) is -0.115. The molecule has 1 atom stereocenters. The lowest BCUT2D eigenvalue weighted by molar-refractivity contribution is -0.129. The van der Waals surface area contributed by atoms with E-state index in [-0.39, 0.29) is 18.0 Å². The highest BCUT2D eigenvalue weighted by Crippen LogP contribution is 2.23. The quantitative estimate of drug-likeness (QED) is 0.794. The minimum absolute atomic E-state index is 0.115. The molecule has 2 rings (SSSR count). The number of rotatable bonds is 6. The highest BCUT2D eigenvalue weighted by Gasteiger charge is 2.37. The lowest BCUT2D eigenvalue weighted by Gasteiger charge is -2.21. The predicted octanol–water partition coefficient (Wildman–Crippen LogP) is 2.62.